The number of nitrogens with one attached hydrogen (secondary N) is 2. The molecule has 1 aromatic carbocycles. The van der Waals surface area contributed by atoms with Gasteiger partial charge in [-0.3, -0.25) is 14.5 Å². The van der Waals surface area contributed by atoms with Gasteiger partial charge in [-0.1, -0.05) is 24.3 Å². The molecule has 0 atom stereocenters. The summed E-state index contributed by atoms with van der Waals surface area (Å²) in [6.07, 6.45) is 5.61. The molecule has 0 aliphatic heterocycles. The van der Waals surface area contributed by atoms with E-state index in [0.29, 0.717) is 5.95 Å². The van der Waals surface area contributed by atoms with Crippen LogP contribution in [0.4, 0.5) is 11.8 Å². The average molecular weight is 466 g/mol. The second kappa shape index (κ2) is 8.19. The Morgan fingerprint density at radius 3 is 2.51 bits per heavy atom. The fourth-order valence-corrected chi connectivity index (χ4v) is 4.94. The van der Waals surface area contributed by atoms with Crippen LogP contribution in [0.15, 0.2) is 42.7 Å². The Balaban J connectivity index is 1.40. The van der Waals surface area contributed by atoms with Gasteiger partial charge in [0.05, 0.1) is 22.8 Å². The first-order chi connectivity index (χ1) is 17.0. The Morgan fingerprint density at radius 2 is 1.80 bits per heavy atom. The van der Waals surface area contributed by atoms with Crippen molar-refractivity contribution in [1.82, 2.24) is 39.7 Å². The monoisotopic (exact) mass is 465 g/mol. The number of hydrogen-bond acceptors (Lipinski definition) is 6. The van der Waals surface area contributed by atoms with Crippen molar-refractivity contribution in [2.45, 2.75) is 40.2 Å². The highest BCUT2D eigenvalue weighted by atomic mass is 15.3. The quantitative estimate of drug-likeness (QED) is 0.393. The van der Waals surface area contributed by atoms with Gasteiger partial charge >= 0.3 is 0 Å². The maximum Gasteiger partial charge on any atom is 0.228 e. The lowest BCUT2D eigenvalue weighted by atomic mass is 9.91. The standard InChI is InChI=1S/C26H27N9/c1-5-35-13-12-21(33-35)28-26-27-14-19-10-11-20-23(24(19)29-26)25(34(4)32-20)18-8-6-17(7-9-18)22-15(2)30-31-16(22)3/h6-9,12-14H,5,10-11H2,1-4H3,(H,30,31)(H,27,28,29,33). The lowest BCUT2D eigenvalue weighted by Crippen LogP contribution is -2.08. The zero-order chi connectivity index (χ0) is 24.1. The maximum atomic E-state index is 4.93. The van der Waals surface area contributed by atoms with Gasteiger partial charge in [0.2, 0.25) is 5.95 Å². The Labute approximate surface area is 203 Å². The van der Waals surface area contributed by atoms with Gasteiger partial charge in [-0.05, 0) is 44.7 Å². The molecule has 0 saturated heterocycles. The molecular weight excluding hydrogens is 438 g/mol. The topological polar surface area (TPSA) is 102 Å². The lowest BCUT2D eigenvalue weighted by molar-refractivity contribution is 0.662. The van der Waals surface area contributed by atoms with Crippen molar-refractivity contribution in [3.63, 3.8) is 0 Å². The van der Waals surface area contributed by atoms with E-state index < -0.39 is 0 Å². The third kappa shape index (κ3) is 3.60. The Bertz CT molecular complexity index is 1520. The molecule has 0 bridgehead atoms. The maximum absolute atomic E-state index is 4.93. The molecule has 1 aliphatic rings. The van der Waals surface area contributed by atoms with Gasteiger partial charge in [-0.15, -0.1) is 0 Å². The van der Waals surface area contributed by atoms with Gasteiger partial charge in [-0.25, -0.2) is 9.97 Å². The highest BCUT2D eigenvalue weighted by Gasteiger charge is 2.27. The summed E-state index contributed by atoms with van der Waals surface area (Å²) in [4.78, 5) is 9.48. The van der Waals surface area contributed by atoms with Gasteiger partial charge in [0, 0.05) is 54.4 Å². The van der Waals surface area contributed by atoms with Crippen LogP contribution in [0.25, 0.3) is 33.6 Å². The first-order valence-electron chi connectivity index (χ1n) is 11.9. The van der Waals surface area contributed by atoms with Crippen molar-refractivity contribution in [3.05, 3.63) is 65.4 Å². The SMILES string of the molecule is CCn1ccc(Nc2ncc3c(n2)-c2c(nn(C)c2-c2ccc(-c4c(C)n[nH]c4C)cc2)CC3)n1. The van der Waals surface area contributed by atoms with E-state index in [4.69, 9.17) is 10.1 Å². The molecule has 1 aliphatic carbocycles. The van der Waals surface area contributed by atoms with Crippen molar-refractivity contribution < 1.29 is 0 Å². The molecule has 0 unspecified atom stereocenters. The normalized spacial score (nSPS) is 12.5. The predicted molar refractivity (Wildman–Crippen MR) is 135 cm³/mol. The van der Waals surface area contributed by atoms with Crippen LogP contribution in [0.3, 0.4) is 0 Å². The number of rotatable bonds is 5. The van der Waals surface area contributed by atoms with E-state index in [9.17, 15) is 0 Å². The van der Waals surface area contributed by atoms with E-state index in [0.717, 1.165) is 81.5 Å². The summed E-state index contributed by atoms with van der Waals surface area (Å²) in [6.45, 7) is 6.95. The third-order valence-electron chi connectivity index (χ3n) is 6.63. The summed E-state index contributed by atoms with van der Waals surface area (Å²) in [5, 5.41) is 20.0. The van der Waals surface area contributed by atoms with Crippen molar-refractivity contribution >= 4 is 11.8 Å². The minimum absolute atomic E-state index is 0.536. The van der Waals surface area contributed by atoms with E-state index in [2.05, 4.69) is 63.7 Å². The molecule has 0 amide bonds. The summed E-state index contributed by atoms with van der Waals surface area (Å²) >= 11 is 0. The van der Waals surface area contributed by atoms with Crippen molar-refractivity contribution in [2.24, 2.45) is 7.05 Å². The zero-order valence-electron chi connectivity index (χ0n) is 20.3. The number of H-pyrrole nitrogens is 1. The molecule has 0 fully saturated rings. The van der Waals surface area contributed by atoms with Gasteiger partial charge in [0.15, 0.2) is 5.82 Å². The number of aromatic amines is 1. The minimum atomic E-state index is 0.536. The van der Waals surface area contributed by atoms with E-state index in [-0.39, 0.29) is 0 Å². The van der Waals surface area contributed by atoms with Crippen LogP contribution in [0.1, 0.15) is 29.6 Å². The summed E-state index contributed by atoms with van der Waals surface area (Å²) in [6, 6.07) is 10.5. The summed E-state index contributed by atoms with van der Waals surface area (Å²) in [7, 11) is 2.00. The number of anilines is 2. The predicted octanol–water partition coefficient (Wildman–Crippen LogP) is 4.61. The molecule has 9 nitrogen and oxygen atoms in total. The van der Waals surface area contributed by atoms with Gasteiger partial charge < -0.3 is 5.32 Å². The lowest BCUT2D eigenvalue weighted by Gasteiger charge is -2.17. The Kier molecular flexibility index (Phi) is 4.98. The van der Waals surface area contributed by atoms with E-state index >= 15 is 0 Å². The van der Waals surface area contributed by atoms with Gasteiger partial charge in [-0.2, -0.15) is 15.3 Å². The Morgan fingerprint density at radius 1 is 1.00 bits per heavy atom. The molecular formula is C26H27N9. The van der Waals surface area contributed by atoms with Crippen LogP contribution in [-0.4, -0.2) is 39.7 Å². The van der Waals surface area contributed by atoms with Crippen molar-refractivity contribution in [2.75, 3.05) is 5.32 Å². The highest BCUT2D eigenvalue weighted by molar-refractivity contribution is 5.85. The largest absolute Gasteiger partial charge is 0.307 e. The van der Waals surface area contributed by atoms with Gasteiger partial charge in [0.1, 0.15) is 0 Å². The molecule has 4 heterocycles. The first kappa shape index (κ1) is 21.3. The minimum Gasteiger partial charge on any atom is -0.307 e. The van der Waals surface area contributed by atoms with Crippen molar-refractivity contribution in [1.29, 1.82) is 0 Å². The molecule has 2 N–H and O–H groups in total. The van der Waals surface area contributed by atoms with E-state index in [1.807, 2.05) is 41.8 Å². The first-order valence-corrected chi connectivity index (χ1v) is 11.9. The second-order valence-electron chi connectivity index (χ2n) is 8.93. The van der Waals surface area contributed by atoms with Crippen LogP contribution in [0.2, 0.25) is 0 Å². The molecule has 0 radical (unpaired) electrons. The molecule has 176 valence electrons. The molecule has 0 saturated carbocycles. The number of nitrogens with zero attached hydrogens (tertiary/aromatic N) is 7. The van der Waals surface area contributed by atoms with E-state index in [1.165, 1.54) is 0 Å². The van der Waals surface area contributed by atoms with Crippen LogP contribution < -0.4 is 5.32 Å². The van der Waals surface area contributed by atoms with Crippen LogP contribution in [0.5, 0.6) is 0 Å². The third-order valence-corrected chi connectivity index (χ3v) is 6.63. The molecule has 5 aromatic rings. The fourth-order valence-electron chi connectivity index (χ4n) is 4.94. The number of aryl methyl sites for hydroxylation is 6. The number of benzene rings is 1. The summed E-state index contributed by atoms with van der Waals surface area (Å²) in [5.41, 5.74) is 10.8. The van der Waals surface area contributed by atoms with Crippen molar-refractivity contribution in [3.8, 4) is 33.6 Å². The van der Waals surface area contributed by atoms with Gasteiger partial charge in [0.25, 0.3) is 0 Å². The van der Waals surface area contributed by atoms with Crippen LogP contribution in [0, 0.1) is 13.8 Å². The van der Waals surface area contributed by atoms with E-state index in [1.54, 1.807) is 0 Å². The smallest absolute Gasteiger partial charge is 0.228 e. The highest BCUT2D eigenvalue weighted by Crippen LogP contribution is 2.40. The molecule has 9 heteroatoms. The fraction of sp³-hybridized carbons (Fsp3) is 0.269. The average Bonchev–Trinajstić information content (AvgIpc) is 3.55. The van der Waals surface area contributed by atoms with Crippen LogP contribution in [-0.2, 0) is 26.4 Å². The summed E-state index contributed by atoms with van der Waals surface area (Å²) < 4.78 is 3.84. The number of fused-ring (bicyclic) bond motifs is 3. The second-order valence-corrected chi connectivity index (χ2v) is 8.93. The number of aromatic nitrogens is 8. The molecule has 0 spiro atoms. The molecule has 35 heavy (non-hydrogen) atoms. The van der Waals surface area contributed by atoms with Crippen LogP contribution >= 0.6 is 0 Å². The molecule has 4 aromatic heterocycles. The Hall–Kier alpha value is -4.27. The summed E-state index contributed by atoms with van der Waals surface area (Å²) in [5.74, 6) is 1.27. The number of hydrogen-bond donors (Lipinski definition) is 2. The molecule has 6 rings (SSSR count). The zero-order valence-corrected chi connectivity index (χ0v) is 20.3.